The smallest absolute Gasteiger partial charge is 0.328 e. The molecule has 1 unspecified atom stereocenters. The summed E-state index contributed by atoms with van der Waals surface area (Å²) in [6.07, 6.45) is 5.30. The number of hydrogen-bond donors (Lipinski definition) is 2. The van der Waals surface area contributed by atoms with E-state index in [1.807, 2.05) is 25.3 Å². The SMILES string of the molecule is C/N=C\C=C(/NC)c1ccc2c(c1)CCC(C(=O)OC)N2. The number of esters is 1. The van der Waals surface area contributed by atoms with E-state index in [2.05, 4.69) is 21.7 Å². The van der Waals surface area contributed by atoms with Crippen LogP contribution in [0.1, 0.15) is 17.5 Å². The third-order valence-electron chi connectivity index (χ3n) is 3.59. The molecule has 0 bridgehead atoms. The molecule has 112 valence electrons. The lowest BCUT2D eigenvalue weighted by Crippen LogP contribution is -2.34. The number of carbonyl (C=O) groups is 1. The number of aryl methyl sites for hydroxylation is 1. The lowest BCUT2D eigenvalue weighted by atomic mass is 9.95. The van der Waals surface area contributed by atoms with Crippen LogP contribution >= 0.6 is 0 Å². The van der Waals surface area contributed by atoms with E-state index >= 15 is 0 Å². The minimum absolute atomic E-state index is 0.209. The molecule has 1 atom stereocenters. The Hall–Kier alpha value is -2.30. The summed E-state index contributed by atoms with van der Waals surface area (Å²) in [7, 11) is 5.05. The molecule has 0 fully saturated rings. The lowest BCUT2D eigenvalue weighted by molar-refractivity contribution is -0.141. The van der Waals surface area contributed by atoms with Gasteiger partial charge in [0.05, 0.1) is 7.11 Å². The van der Waals surface area contributed by atoms with Crippen molar-refractivity contribution < 1.29 is 9.53 Å². The number of rotatable bonds is 4. The normalized spacial score (nSPS) is 18.0. The van der Waals surface area contributed by atoms with E-state index in [1.54, 1.807) is 13.3 Å². The van der Waals surface area contributed by atoms with Gasteiger partial charge in [-0.3, -0.25) is 4.99 Å². The molecular formula is C16H21N3O2. The van der Waals surface area contributed by atoms with Gasteiger partial charge in [0.2, 0.25) is 0 Å². The van der Waals surface area contributed by atoms with Crippen LogP contribution in [0.15, 0.2) is 29.3 Å². The van der Waals surface area contributed by atoms with Gasteiger partial charge in [0.25, 0.3) is 0 Å². The molecular weight excluding hydrogens is 266 g/mol. The van der Waals surface area contributed by atoms with E-state index in [9.17, 15) is 4.79 Å². The third-order valence-corrected chi connectivity index (χ3v) is 3.59. The Balaban J connectivity index is 2.24. The Labute approximate surface area is 125 Å². The summed E-state index contributed by atoms with van der Waals surface area (Å²) in [5.41, 5.74) is 4.33. The van der Waals surface area contributed by atoms with Gasteiger partial charge in [-0.15, -0.1) is 0 Å². The summed E-state index contributed by atoms with van der Waals surface area (Å²) in [4.78, 5) is 15.6. The van der Waals surface area contributed by atoms with Gasteiger partial charge in [-0.25, -0.2) is 4.79 Å². The third kappa shape index (κ3) is 3.42. The Bertz CT molecular complexity index is 579. The van der Waals surface area contributed by atoms with Gasteiger partial charge >= 0.3 is 5.97 Å². The molecule has 1 aliphatic heterocycles. The second-order valence-corrected chi connectivity index (χ2v) is 4.87. The molecule has 1 aliphatic rings. The molecule has 5 heteroatoms. The molecule has 0 saturated heterocycles. The van der Waals surface area contributed by atoms with Crippen LogP contribution in [-0.2, 0) is 16.0 Å². The largest absolute Gasteiger partial charge is 0.467 e. The fraction of sp³-hybridized carbons (Fsp3) is 0.375. The van der Waals surface area contributed by atoms with E-state index in [0.717, 1.165) is 29.8 Å². The number of allylic oxidation sites excluding steroid dienone is 1. The number of methoxy groups -OCH3 is 1. The van der Waals surface area contributed by atoms with Crippen molar-refractivity contribution in [2.45, 2.75) is 18.9 Å². The number of hydrogen-bond acceptors (Lipinski definition) is 5. The minimum Gasteiger partial charge on any atom is -0.467 e. The van der Waals surface area contributed by atoms with Gasteiger partial charge in [0.15, 0.2) is 0 Å². The molecule has 1 aromatic carbocycles. The Morgan fingerprint density at radius 3 is 3.00 bits per heavy atom. The highest BCUT2D eigenvalue weighted by molar-refractivity contribution is 5.85. The van der Waals surface area contributed by atoms with Crippen LogP contribution in [0.25, 0.3) is 5.70 Å². The molecule has 5 nitrogen and oxygen atoms in total. The number of fused-ring (bicyclic) bond motifs is 1. The number of aliphatic imine (C=N–C) groups is 1. The summed E-state index contributed by atoms with van der Waals surface area (Å²) in [5, 5.41) is 6.41. The first-order chi connectivity index (χ1) is 10.2. The zero-order valence-corrected chi connectivity index (χ0v) is 12.6. The Morgan fingerprint density at radius 2 is 2.33 bits per heavy atom. The summed E-state index contributed by atoms with van der Waals surface area (Å²) in [6.45, 7) is 0. The molecule has 21 heavy (non-hydrogen) atoms. The van der Waals surface area contributed by atoms with Gasteiger partial charge < -0.3 is 15.4 Å². The van der Waals surface area contributed by atoms with Gasteiger partial charge in [0.1, 0.15) is 6.04 Å². The van der Waals surface area contributed by atoms with Crippen molar-refractivity contribution in [1.29, 1.82) is 0 Å². The molecule has 0 saturated carbocycles. The summed E-state index contributed by atoms with van der Waals surface area (Å²) >= 11 is 0. The van der Waals surface area contributed by atoms with Gasteiger partial charge in [-0.1, -0.05) is 6.07 Å². The monoisotopic (exact) mass is 287 g/mol. The first-order valence-corrected chi connectivity index (χ1v) is 6.97. The summed E-state index contributed by atoms with van der Waals surface area (Å²) in [6, 6.07) is 5.92. The van der Waals surface area contributed by atoms with E-state index in [4.69, 9.17) is 4.74 Å². The standard InChI is InChI=1S/C16H21N3O2/c1-17-9-8-13(18-2)11-4-6-14-12(10-11)5-7-15(19-14)16(20)21-3/h4,6,8-10,15,18-19H,5,7H2,1-3H3/b13-8-,17-9-. The first-order valence-electron chi connectivity index (χ1n) is 6.97. The minimum atomic E-state index is -0.250. The highest BCUT2D eigenvalue weighted by Crippen LogP contribution is 2.28. The maximum atomic E-state index is 11.6. The highest BCUT2D eigenvalue weighted by Gasteiger charge is 2.24. The van der Waals surface area contributed by atoms with Crippen molar-refractivity contribution in [3.63, 3.8) is 0 Å². The van der Waals surface area contributed by atoms with Crippen LogP contribution in [0.3, 0.4) is 0 Å². The number of carbonyl (C=O) groups excluding carboxylic acids is 1. The van der Waals surface area contributed by atoms with Crippen molar-refractivity contribution in [2.24, 2.45) is 4.99 Å². The van der Waals surface area contributed by atoms with Crippen molar-refractivity contribution >= 4 is 23.6 Å². The second kappa shape index (κ2) is 6.92. The maximum Gasteiger partial charge on any atom is 0.328 e. The predicted octanol–water partition coefficient (Wildman–Crippen LogP) is 1.85. The van der Waals surface area contributed by atoms with Crippen LogP contribution in [0, 0.1) is 0 Å². The number of nitrogens with one attached hydrogen (secondary N) is 2. The number of anilines is 1. The zero-order valence-electron chi connectivity index (χ0n) is 12.6. The van der Waals surface area contributed by atoms with Crippen LogP contribution < -0.4 is 10.6 Å². The fourth-order valence-corrected chi connectivity index (χ4v) is 2.46. The molecule has 1 aromatic rings. The predicted molar refractivity (Wildman–Crippen MR) is 85.6 cm³/mol. The molecule has 0 aromatic heterocycles. The maximum absolute atomic E-state index is 11.6. The lowest BCUT2D eigenvalue weighted by Gasteiger charge is -2.25. The molecule has 2 N–H and O–H groups in total. The van der Waals surface area contributed by atoms with Gasteiger partial charge in [-0.2, -0.15) is 0 Å². The van der Waals surface area contributed by atoms with Gasteiger partial charge in [-0.05, 0) is 42.2 Å². The molecule has 2 rings (SSSR count). The van der Waals surface area contributed by atoms with E-state index in [0.29, 0.717) is 0 Å². The fourth-order valence-electron chi connectivity index (χ4n) is 2.46. The van der Waals surface area contributed by atoms with Crippen molar-refractivity contribution in [2.75, 3.05) is 26.5 Å². The number of nitrogens with zero attached hydrogens (tertiary/aromatic N) is 1. The van der Waals surface area contributed by atoms with Gasteiger partial charge in [0, 0.05) is 31.7 Å². The number of benzene rings is 1. The molecule has 0 radical (unpaired) electrons. The molecule has 1 heterocycles. The Morgan fingerprint density at radius 1 is 1.52 bits per heavy atom. The van der Waals surface area contributed by atoms with Crippen LogP contribution in [-0.4, -0.2) is 39.4 Å². The molecule has 0 aliphatic carbocycles. The second-order valence-electron chi connectivity index (χ2n) is 4.87. The van der Waals surface area contributed by atoms with Crippen LogP contribution in [0.5, 0.6) is 0 Å². The molecule has 0 amide bonds. The van der Waals surface area contributed by atoms with Crippen LogP contribution in [0.4, 0.5) is 5.69 Å². The van der Waals surface area contributed by atoms with E-state index in [-0.39, 0.29) is 12.0 Å². The number of ether oxygens (including phenoxy) is 1. The van der Waals surface area contributed by atoms with Crippen molar-refractivity contribution in [3.05, 3.63) is 35.4 Å². The quantitative estimate of drug-likeness (QED) is 0.655. The molecule has 0 spiro atoms. The topological polar surface area (TPSA) is 62.7 Å². The zero-order chi connectivity index (χ0) is 15.2. The average Bonchev–Trinajstić information content (AvgIpc) is 2.54. The van der Waals surface area contributed by atoms with Crippen molar-refractivity contribution in [3.8, 4) is 0 Å². The average molecular weight is 287 g/mol. The van der Waals surface area contributed by atoms with E-state index < -0.39 is 0 Å². The summed E-state index contributed by atoms with van der Waals surface area (Å²) < 4.78 is 4.79. The Kier molecular flexibility index (Phi) is 4.98. The van der Waals surface area contributed by atoms with E-state index in [1.165, 1.54) is 12.7 Å². The van der Waals surface area contributed by atoms with Crippen LogP contribution in [0.2, 0.25) is 0 Å². The summed E-state index contributed by atoms with van der Waals surface area (Å²) in [5.74, 6) is -0.209. The van der Waals surface area contributed by atoms with Crippen molar-refractivity contribution in [1.82, 2.24) is 5.32 Å². The first kappa shape index (κ1) is 15.1. The highest BCUT2D eigenvalue weighted by atomic mass is 16.5.